The van der Waals surface area contributed by atoms with Gasteiger partial charge in [0.15, 0.2) is 0 Å². The molecule has 0 radical (unpaired) electrons. The highest BCUT2D eigenvalue weighted by atomic mass is 14.2. The first kappa shape index (κ1) is 8.55. The lowest BCUT2D eigenvalue weighted by molar-refractivity contribution is 0.696. The number of hydrogen-bond donors (Lipinski definition) is 0. The molecule has 0 aliphatic carbocycles. The summed E-state index contributed by atoms with van der Waals surface area (Å²) >= 11 is 0. The first-order valence-corrected chi connectivity index (χ1v) is 3.72. The van der Waals surface area contributed by atoms with Crippen molar-refractivity contribution in [2.75, 3.05) is 0 Å². The summed E-state index contributed by atoms with van der Waals surface area (Å²) in [5.41, 5.74) is 0. The van der Waals surface area contributed by atoms with Crippen molar-refractivity contribution < 1.29 is 0 Å². The molecule has 1 nitrogen and oxygen atoms in total. The molecule has 0 rings (SSSR count). The van der Waals surface area contributed by atoms with Crippen LogP contribution in [0.1, 0.15) is 33.1 Å². The van der Waals surface area contributed by atoms with Crippen LogP contribution in [-0.2, 0) is 0 Å². The number of rotatable bonds is 4. The minimum atomic E-state index is 0.653. The maximum Gasteiger partial charge on any atom is 0.253 e. The van der Waals surface area contributed by atoms with E-state index in [2.05, 4.69) is 19.8 Å². The topological polar surface area (TPSA) is 23.8 Å². The van der Waals surface area contributed by atoms with Crippen LogP contribution in [-0.4, -0.2) is 7.28 Å². The molecule has 0 amide bonds. The van der Waals surface area contributed by atoms with Crippen molar-refractivity contribution in [2.24, 2.45) is 0 Å². The predicted molar refractivity (Wildman–Crippen MR) is 41.7 cm³/mol. The van der Waals surface area contributed by atoms with E-state index >= 15 is 0 Å². The average molecular weight is 123 g/mol. The Kier molecular flexibility index (Phi) is 5.41. The van der Waals surface area contributed by atoms with E-state index in [0.29, 0.717) is 5.82 Å². The fourth-order valence-electron chi connectivity index (χ4n) is 0.988. The molecule has 9 heavy (non-hydrogen) atoms. The summed E-state index contributed by atoms with van der Waals surface area (Å²) < 4.78 is 0. The van der Waals surface area contributed by atoms with Crippen LogP contribution in [0.2, 0.25) is 5.82 Å². The van der Waals surface area contributed by atoms with Crippen LogP contribution in [0.25, 0.3) is 0 Å². The highest BCUT2D eigenvalue weighted by molar-refractivity contribution is 6.46. The monoisotopic (exact) mass is 123 g/mol. The Hall–Kier alpha value is -0.445. The summed E-state index contributed by atoms with van der Waals surface area (Å²) in [6, 6.07) is 0. The Morgan fingerprint density at radius 3 is 2.56 bits per heavy atom. The summed E-state index contributed by atoms with van der Waals surface area (Å²) in [6.45, 7) is 4.32. The number of nitriles is 1. The largest absolute Gasteiger partial charge is 0.253 e. The van der Waals surface area contributed by atoms with Crippen LogP contribution < -0.4 is 0 Å². The van der Waals surface area contributed by atoms with Crippen molar-refractivity contribution >= 4 is 7.28 Å². The Bertz CT molecular complexity index is 95.6. The van der Waals surface area contributed by atoms with Gasteiger partial charge in [-0.2, -0.15) is 0 Å². The van der Waals surface area contributed by atoms with E-state index in [-0.39, 0.29) is 0 Å². The Labute approximate surface area is 58.3 Å². The van der Waals surface area contributed by atoms with Crippen molar-refractivity contribution in [1.29, 1.82) is 5.26 Å². The van der Waals surface area contributed by atoms with E-state index in [9.17, 15) is 0 Å². The number of nitrogens with zero attached hydrogens (tertiary/aromatic N) is 1. The molecule has 0 aliphatic heterocycles. The van der Waals surface area contributed by atoms with Crippen LogP contribution in [0.5, 0.6) is 0 Å². The molecule has 1 atom stereocenters. The molecule has 0 aliphatic rings. The van der Waals surface area contributed by atoms with E-state index in [1.165, 1.54) is 12.8 Å². The minimum absolute atomic E-state index is 0.653. The van der Waals surface area contributed by atoms with Gasteiger partial charge in [-0.05, 0) is 5.97 Å². The van der Waals surface area contributed by atoms with Gasteiger partial charge in [0.1, 0.15) is 0 Å². The normalized spacial score (nSPS) is 12.1. The third-order valence-electron chi connectivity index (χ3n) is 1.65. The smallest absolute Gasteiger partial charge is 0.213 e. The maximum absolute atomic E-state index is 8.34. The molecule has 0 N–H and O–H groups in total. The average Bonchev–Trinajstić information content (AvgIpc) is 1.88. The molecule has 0 aromatic rings. The molecular formula is C7H14BN. The molecular weight excluding hydrogens is 109 g/mol. The molecule has 0 bridgehead atoms. The van der Waals surface area contributed by atoms with Crippen LogP contribution in [0.3, 0.4) is 0 Å². The first-order valence-electron chi connectivity index (χ1n) is 3.72. The zero-order valence-electron chi connectivity index (χ0n) is 6.35. The molecule has 0 spiro atoms. The van der Waals surface area contributed by atoms with E-state index < -0.39 is 0 Å². The summed E-state index contributed by atoms with van der Waals surface area (Å²) in [6.07, 6.45) is 3.58. The predicted octanol–water partition coefficient (Wildman–Crippen LogP) is 1.90. The van der Waals surface area contributed by atoms with E-state index in [4.69, 9.17) is 5.26 Å². The van der Waals surface area contributed by atoms with Gasteiger partial charge in [-0.1, -0.05) is 38.9 Å². The quantitative estimate of drug-likeness (QED) is 0.523. The van der Waals surface area contributed by atoms with Gasteiger partial charge in [0, 0.05) is 0 Å². The van der Waals surface area contributed by atoms with Crippen LogP contribution >= 0.6 is 0 Å². The van der Waals surface area contributed by atoms with Crippen molar-refractivity contribution in [1.82, 2.24) is 0 Å². The van der Waals surface area contributed by atoms with Crippen LogP contribution in [0.4, 0.5) is 0 Å². The third-order valence-corrected chi connectivity index (χ3v) is 1.65. The fraction of sp³-hybridized carbons (Fsp3) is 0.857. The molecule has 0 aromatic heterocycles. The van der Waals surface area contributed by atoms with Gasteiger partial charge in [0.05, 0.1) is 0 Å². The zero-order valence-corrected chi connectivity index (χ0v) is 6.35. The standard InChI is InChI=1S/C7H14BN/c1-3-5-7(4-2)8-6-9/h7-8H,3-5H2,1-2H3. The highest BCUT2D eigenvalue weighted by Gasteiger charge is 2.04. The second-order valence-electron chi connectivity index (χ2n) is 2.43. The molecule has 0 heterocycles. The molecule has 0 fully saturated rings. The summed E-state index contributed by atoms with van der Waals surface area (Å²) in [5.74, 6) is 2.86. The van der Waals surface area contributed by atoms with E-state index in [1.54, 1.807) is 0 Å². The molecule has 1 unspecified atom stereocenters. The maximum atomic E-state index is 8.34. The van der Waals surface area contributed by atoms with Gasteiger partial charge in [0.2, 0.25) is 0 Å². The first-order chi connectivity index (χ1) is 4.35. The minimum Gasteiger partial charge on any atom is -0.213 e. The van der Waals surface area contributed by atoms with Crippen LogP contribution in [0, 0.1) is 11.2 Å². The molecule has 0 saturated carbocycles. The summed E-state index contributed by atoms with van der Waals surface area (Å²) in [7, 11) is 0.740. The summed E-state index contributed by atoms with van der Waals surface area (Å²) in [4.78, 5) is 0. The highest BCUT2D eigenvalue weighted by Crippen LogP contribution is 2.14. The summed E-state index contributed by atoms with van der Waals surface area (Å²) in [5, 5.41) is 8.34. The Morgan fingerprint density at radius 1 is 1.56 bits per heavy atom. The molecule has 50 valence electrons. The Balaban J connectivity index is 3.32. The lowest BCUT2D eigenvalue weighted by Gasteiger charge is -2.05. The molecule has 2 heteroatoms. The second kappa shape index (κ2) is 5.69. The van der Waals surface area contributed by atoms with Gasteiger partial charge >= 0.3 is 0 Å². The SMILES string of the molecule is CCCC(BC#N)CC. The van der Waals surface area contributed by atoms with Crippen molar-refractivity contribution in [3.63, 3.8) is 0 Å². The van der Waals surface area contributed by atoms with Gasteiger partial charge in [-0.15, -0.1) is 0 Å². The molecule has 0 aromatic carbocycles. The third kappa shape index (κ3) is 4.08. The van der Waals surface area contributed by atoms with Crippen molar-refractivity contribution in [3.05, 3.63) is 0 Å². The second-order valence-corrected chi connectivity index (χ2v) is 2.43. The van der Waals surface area contributed by atoms with Crippen LogP contribution in [0.15, 0.2) is 0 Å². The lowest BCUT2D eigenvalue weighted by atomic mass is 9.63. The molecule has 0 saturated heterocycles. The van der Waals surface area contributed by atoms with Gasteiger partial charge < -0.3 is 0 Å². The fourth-order valence-corrected chi connectivity index (χ4v) is 0.988. The Morgan fingerprint density at radius 2 is 2.22 bits per heavy atom. The lowest BCUT2D eigenvalue weighted by Crippen LogP contribution is -1.99. The van der Waals surface area contributed by atoms with Crippen molar-refractivity contribution in [3.8, 4) is 5.97 Å². The van der Waals surface area contributed by atoms with Gasteiger partial charge in [-0.3, -0.25) is 0 Å². The van der Waals surface area contributed by atoms with Gasteiger partial charge in [-0.25, -0.2) is 5.26 Å². The van der Waals surface area contributed by atoms with E-state index in [0.717, 1.165) is 13.7 Å². The van der Waals surface area contributed by atoms with E-state index in [1.807, 2.05) is 0 Å². The van der Waals surface area contributed by atoms with Gasteiger partial charge in [0.25, 0.3) is 7.28 Å². The zero-order chi connectivity index (χ0) is 7.11. The van der Waals surface area contributed by atoms with Crippen molar-refractivity contribution in [2.45, 2.75) is 38.9 Å². The number of hydrogen-bond acceptors (Lipinski definition) is 1.